The largest absolute Gasteiger partial charge is 0.466 e. The molecule has 0 aliphatic heterocycles. The van der Waals surface area contributed by atoms with Gasteiger partial charge in [0.05, 0.1) is 14.2 Å². The predicted octanol–water partition coefficient (Wildman–Crippen LogP) is 2.14. The second-order valence-corrected chi connectivity index (χ2v) is 3.26. The van der Waals surface area contributed by atoms with Crippen LogP contribution in [-0.4, -0.2) is 25.3 Å². The maximum atomic E-state index is 11.6. The van der Waals surface area contributed by atoms with E-state index in [-0.39, 0.29) is 11.5 Å². The Hall–Kier alpha value is -2.30. The Balaban J connectivity index is 2.55. The molecular formula is C12H11NO4. The number of aromatic nitrogens is 1. The molecule has 0 bridgehead atoms. The average Bonchev–Trinajstić information content (AvgIpc) is 2.82. The first-order valence-corrected chi connectivity index (χ1v) is 4.95. The van der Waals surface area contributed by atoms with Gasteiger partial charge in [0.2, 0.25) is 0 Å². The molecule has 0 radical (unpaired) electrons. The van der Waals surface area contributed by atoms with Crippen LogP contribution < -0.4 is 4.74 Å². The van der Waals surface area contributed by atoms with E-state index in [9.17, 15) is 4.79 Å². The maximum absolute atomic E-state index is 11.6. The first-order valence-electron chi connectivity index (χ1n) is 4.95. The van der Waals surface area contributed by atoms with Gasteiger partial charge in [-0.15, -0.1) is 0 Å². The molecule has 88 valence electrons. The number of esters is 1. The van der Waals surface area contributed by atoms with Gasteiger partial charge in [-0.2, -0.15) is 0 Å². The summed E-state index contributed by atoms with van der Waals surface area (Å²) in [6.07, 6.45) is 0. The van der Waals surface area contributed by atoms with Crippen LogP contribution in [0.4, 0.5) is 0 Å². The molecule has 0 amide bonds. The molecule has 17 heavy (non-hydrogen) atoms. The van der Waals surface area contributed by atoms with Crippen molar-refractivity contribution in [1.29, 1.82) is 0 Å². The van der Waals surface area contributed by atoms with Gasteiger partial charge < -0.3 is 14.0 Å². The predicted molar refractivity (Wildman–Crippen MR) is 59.8 cm³/mol. The van der Waals surface area contributed by atoms with E-state index >= 15 is 0 Å². The smallest absolute Gasteiger partial charge is 0.347 e. The Morgan fingerprint density at radius 3 is 2.53 bits per heavy atom. The fraction of sp³-hybridized carbons (Fsp3) is 0.167. The average molecular weight is 233 g/mol. The summed E-state index contributed by atoms with van der Waals surface area (Å²) >= 11 is 0. The molecule has 5 heteroatoms. The summed E-state index contributed by atoms with van der Waals surface area (Å²) in [6, 6.07) is 9.21. The lowest BCUT2D eigenvalue weighted by molar-refractivity contribution is 0.0595. The normalized spacial score (nSPS) is 10.0. The van der Waals surface area contributed by atoms with Crippen LogP contribution in [0.15, 0.2) is 34.9 Å². The minimum absolute atomic E-state index is 0.0516. The standard InChI is InChI=1S/C12H11NO4/c1-15-11(14)9-10(13-17-12(9)16-2)8-6-4-3-5-7-8/h3-7H,1-2H3. The fourth-order valence-corrected chi connectivity index (χ4v) is 1.49. The molecule has 2 rings (SSSR count). The van der Waals surface area contributed by atoms with E-state index in [4.69, 9.17) is 9.26 Å². The van der Waals surface area contributed by atoms with Crippen molar-refractivity contribution in [1.82, 2.24) is 5.16 Å². The Bertz CT molecular complexity index is 519. The van der Waals surface area contributed by atoms with Crippen molar-refractivity contribution < 1.29 is 18.8 Å². The van der Waals surface area contributed by atoms with E-state index in [1.807, 2.05) is 30.3 Å². The lowest BCUT2D eigenvalue weighted by atomic mass is 10.1. The van der Waals surface area contributed by atoms with E-state index in [1.165, 1.54) is 14.2 Å². The van der Waals surface area contributed by atoms with Crippen molar-refractivity contribution in [2.75, 3.05) is 14.2 Å². The molecule has 0 aliphatic carbocycles. The third-order valence-corrected chi connectivity index (χ3v) is 2.28. The van der Waals surface area contributed by atoms with Crippen LogP contribution in [0.5, 0.6) is 5.95 Å². The molecule has 0 saturated heterocycles. The number of rotatable bonds is 3. The summed E-state index contributed by atoms with van der Waals surface area (Å²) in [5, 5.41) is 3.83. The van der Waals surface area contributed by atoms with Gasteiger partial charge in [0.15, 0.2) is 5.56 Å². The third-order valence-electron chi connectivity index (χ3n) is 2.28. The molecule has 1 aromatic carbocycles. The SMILES string of the molecule is COC(=O)c1c(-c2ccccc2)noc1OC. The minimum Gasteiger partial charge on any atom is -0.466 e. The van der Waals surface area contributed by atoms with Gasteiger partial charge in [-0.3, -0.25) is 0 Å². The highest BCUT2D eigenvalue weighted by atomic mass is 16.6. The molecule has 0 aliphatic rings. The molecule has 0 spiro atoms. The van der Waals surface area contributed by atoms with Crippen molar-refractivity contribution >= 4 is 5.97 Å². The van der Waals surface area contributed by atoms with Crippen LogP contribution in [0, 0.1) is 0 Å². The first-order chi connectivity index (χ1) is 8.27. The van der Waals surface area contributed by atoms with E-state index in [0.29, 0.717) is 5.69 Å². The van der Waals surface area contributed by atoms with Crippen LogP contribution in [0.2, 0.25) is 0 Å². The van der Waals surface area contributed by atoms with E-state index in [2.05, 4.69) is 9.89 Å². The number of methoxy groups -OCH3 is 2. The lowest BCUT2D eigenvalue weighted by Crippen LogP contribution is -2.03. The molecule has 1 aromatic heterocycles. The molecule has 0 unspecified atom stereocenters. The quantitative estimate of drug-likeness (QED) is 0.760. The number of carbonyl (C=O) groups excluding carboxylic acids is 1. The van der Waals surface area contributed by atoms with Crippen LogP contribution in [-0.2, 0) is 4.74 Å². The molecule has 5 nitrogen and oxygen atoms in total. The highest BCUT2D eigenvalue weighted by molar-refractivity contribution is 5.98. The number of nitrogens with zero attached hydrogens (tertiary/aromatic N) is 1. The topological polar surface area (TPSA) is 61.6 Å². The molecular weight excluding hydrogens is 222 g/mol. The van der Waals surface area contributed by atoms with Crippen molar-refractivity contribution in [3.05, 3.63) is 35.9 Å². The molecule has 0 atom stereocenters. The van der Waals surface area contributed by atoms with Gasteiger partial charge in [-0.1, -0.05) is 35.5 Å². The van der Waals surface area contributed by atoms with Crippen molar-refractivity contribution in [3.8, 4) is 17.2 Å². The number of hydrogen-bond donors (Lipinski definition) is 0. The zero-order valence-electron chi connectivity index (χ0n) is 9.47. The maximum Gasteiger partial charge on any atom is 0.347 e. The monoisotopic (exact) mass is 233 g/mol. The van der Waals surface area contributed by atoms with Crippen molar-refractivity contribution in [2.24, 2.45) is 0 Å². The number of carbonyl (C=O) groups is 1. The van der Waals surface area contributed by atoms with E-state index < -0.39 is 5.97 Å². The molecule has 1 heterocycles. The first kappa shape index (κ1) is 11.2. The van der Waals surface area contributed by atoms with Gasteiger partial charge in [-0.05, 0) is 0 Å². The summed E-state index contributed by atoms with van der Waals surface area (Å²) < 4.78 is 14.6. The molecule has 0 saturated carbocycles. The van der Waals surface area contributed by atoms with Crippen LogP contribution in [0.1, 0.15) is 10.4 Å². The second kappa shape index (κ2) is 4.69. The summed E-state index contributed by atoms with van der Waals surface area (Å²) in [5.74, 6) is -0.488. The van der Waals surface area contributed by atoms with Crippen molar-refractivity contribution in [2.45, 2.75) is 0 Å². The fourth-order valence-electron chi connectivity index (χ4n) is 1.49. The number of benzene rings is 1. The molecule has 0 N–H and O–H groups in total. The van der Waals surface area contributed by atoms with Crippen LogP contribution in [0.3, 0.4) is 0 Å². The second-order valence-electron chi connectivity index (χ2n) is 3.26. The zero-order valence-corrected chi connectivity index (χ0v) is 9.47. The summed E-state index contributed by atoms with van der Waals surface area (Å²) in [5.41, 5.74) is 1.37. The number of ether oxygens (including phenoxy) is 2. The van der Waals surface area contributed by atoms with E-state index in [1.54, 1.807) is 0 Å². The molecule has 0 fully saturated rings. The van der Waals surface area contributed by atoms with Gasteiger partial charge in [-0.25, -0.2) is 4.79 Å². The summed E-state index contributed by atoms with van der Waals surface area (Å²) in [6.45, 7) is 0. The van der Waals surface area contributed by atoms with E-state index in [0.717, 1.165) is 5.56 Å². The Kier molecular flexibility index (Phi) is 3.09. The Morgan fingerprint density at radius 2 is 1.94 bits per heavy atom. The van der Waals surface area contributed by atoms with Crippen LogP contribution >= 0.6 is 0 Å². The highest BCUT2D eigenvalue weighted by Crippen LogP contribution is 2.30. The summed E-state index contributed by atoms with van der Waals surface area (Å²) in [4.78, 5) is 11.6. The Labute approximate surface area is 97.9 Å². The summed E-state index contributed by atoms with van der Waals surface area (Å²) in [7, 11) is 2.70. The number of hydrogen-bond acceptors (Lipinski definition) is 5. The lowest BCUT2D eigenvalue weighted by Gasteiger charge is -2.00. The minimum atomic E-state index is -0.540. The zero-order chi connectivity index (χ0) is 12.3. The molecule has 2 aromatic rings. The van der Waals surface area contributed by atoms with Gasteiger partial charge in [0.25, 0.3) is 0 Å². The third kappa shape index (κ3) is 1.99. The van der Waals surface area contributed by atoms with Gasteiger partial charge in [0.1, 0.15) is 5.69 Å². The highest BCUT2D eigenvalue weighted by Gasteiger charge is 2.25. The van der Waals surface area contributed by atoms with Crippen molar-refractivity contribution in [3.63, 3.8) is 0 Å². The Morgan fingerprint density at radius 1 is 1.24 bits per heavy atom. The van der Waals surface area contributed by atoms with Crippen LogP contribution in [0.25, 0.3) is 11.3 Å². The van der Waals surface area contributed by atoms with Gasteiger partial charge in [0, 0.05) is 5.56 Å². The van der Waals surface area contributed by atoms with Gasteiger partial charge >= 0.3 is 11.9 Å².